The smallest absolute Gasteiger partial charge is 0.137 e. The molecule has 0 atom stereocenters. The molecule has 3 nitrogen and oxygen atoms in total. The second kappa shape index (κ2) is 13.1. The van der Waals surface area contributed by atoms with Crippen molar-refractivity contribution in [2.45, 2.75) is 38.0 Å². The van der Waals surface area contributed by atoms with Crippen LogP contribution in [0.3, 0.4) is 0 Å². The monoisotopic (exact) mass is 709 g/mol. The van der Waals surface area contributed by atoms with Crippen molar-refractivity contribution in [3.63, 3.8) is 0 Å². The van der Waals surface area contributed by atoms with Crippen molar-refractivity contribution in [2.24, 2.45) is 0 Å². The number of fused-ring (bicyclic) bond motifs is 7. The third kappa shape index (κ3) is 5.26. The van der Waals surface area contributed by atoms with Gasteiger partial charge in [0, 0.05) is 27.3 Å². The highest BCUT2D eigenvalue weighted by molar-refractivity contribution is 6.15. The van der Waals surface area contributed by atoms with E-state index in [0.29, 0.717) is 5.92 Å². The fraction of sp³-hybridized carbons (Fsp3) is 0.115. The predicted molar refractivity (Wildman–Crippen MR) is 230 cm³/mol. The minimum absolute atomic E-state index is 0.572. The van der Waals surface area contributed by atoms with Gasteiger partial charge in [0.15, 0.2) is 0 Å². The lowest BCUT2D eigenvalue weighted by Crippen LogP contribution is -2.13. The second-order valence-electron chi connectivity index (χ2n) is 15.0. The van der Waals surface area contributed by atoms with Crippen molar-refractivity contribution < 1.29 is 8.83 Å². The summed E-state index contributed by atoms with van der Waals surface area (Å²) < 4.78 is 12.8. The van der Waals surface area contributed by atoms with Crippen LogP contribution in [-0.4, -0.2) is 0 Å². The number of anilines is 3. The Hall–Kier alpha value is -6.58. The van der Waals surface area contributed by atoms with Gasteiger partial charge < -0.3 is 13.7 Å². The molecular formula is C52H39NO2. The number of furan rings is 2. The maximum Gasteiger partial charge on any atom is 0.137 e. The van der Waals surface area contributed by atoms with Crippen molar-refractivity contribution >= 4 is 71.7 Å². The first-order chi connectivity index (χ1) is 27.3. The molecule has 8 aromatic carbocycles. The van der Waals surface area contributed by atoms with Gasteiger partial charge in [-0.1, -0.05) is 141 Å². The van der Waals surface area contributed by atoms with Crippen LogP contribution in [0.4, 0.5) is 17.1 Å². The first-order valence-corrected chi connectivity index (χ1v) is 19.6. The highest BCUT2D eigenvalue weighted by Gasteiger charge is 2.26. The Morgan fingerprint density at radius 2 is 0.982 bits per heavy atom. The maximum absolute atomic E-state index is 6.53. The zero-order chi connectivity index (χ0) is 36.3. The quantitative estimate of drug-likeness (QED) is 0.172. The first-order valence-electron chi connectivity index (χ1n) is 19.6. The molecule has 1 aliphatic carbocycles. The lowest BCUT2D eigenvalue weighted by atomic mass is 9.80. The number of rotatable bonds is 6. The molecular weight excluding hydrogens is 671 g/mol. The molecule has 0 amide bonds. The molecule has 1 saturated carbocycles. The summed E-state index contributed by atoms with van der Waals surface area (Å²) in [6.45, 7) is 0. The zero-order valence-electron chi connectivity index (χ0n) is 30.5. The van der Waals surface area contributed by atoms with Crippen LogP contribution in [0.5, 0.6) is 0 Å². The number of hydrogen-bond acceptors (Lipinski definition) is 3. The Labute approximate surface area is 320 Å². The third-order valence-corrected chi connectivity index (χ3v) is 11.9. The van der Waals surface area contributed by atoms with Crippen LogP contribution in [0.2, 0.25) is 0 Å². The molecule has 10 aromatic rings. The number of hydrogen-bond donors (Lipinski definition) is 0. The molecule has 2 aromatic heterocycles. The fourth-order valence-electron chi connectivity index (χ4n) is 9.38. The third-order valence-electron chi connectivity index (χ3n) is 11.9. The molecule has 0 saturated heterocycles. The van der Waals surface area contributed by atoms with Gasteiger partial charge in [0.1, 0.15) is 22.3 Å². The standard InChI is InChI=1S/C52H39NO2/c1-2-15-34(16-3-1)38-23-12-17-35-18-13-24-41(51(35)38)39-20-5-9-26-45(39)53(46-27-14-30-50-52(46)42-22-7-11-29-48(42)55-50)44-25-8-4-19-37(44)36-31-32-49-43(33-36)40-21-6-10-28-47(40)54-49/h4-14,17-34H,1-3,15-16H2. The number of benzene rings is 8. The lowest BCUT2D eigenvalue weighted by molar-refractivity contribution is 0.445. The van der Waals surface area contributed by atoms with Crippen molar-refractivity contribution in [3.8, 4) is 22.3 Å². The number of nitrogens with zero attached hydrogens (tertiary/aromatic N) is 1. The van der Waals surface area contributed by atoms with E-state index in [0.717, 1.165) is 72.1 Å². The summed E-state index contributed by atoms with van der Waals surface area (Å²) in [6.07, 6.45) is 6.44. The normalized spacial score (nSPS) is 13.7. The summed E-state index contributed by atoms with van der Waals surface area (Å²) in [4.78, 5) is 2.48. The average Bonchev–Trinajstić information content (AvgIpc) is 3.83. The molecule has 0 radical (unpaired) electrons. The van der Waals surface area contributed by atoms with Gasteiger partial charge in [0.05, 0.1) is 22.4 Å². The molecule has 55 heavy (non-hydrogen) atoms. The molecule has 1 aliphatic rings. The zero-order valence-corrected chi connectivity index (χ0v) is 30.5. The van der Waals surface area contributed by atoms with E-state index in [9.17, 15) is 0 Å². The molecule has 0 aliphatic heterocycles. The summed E-state index contributed by atoms with van der Waals surface area (Å²) in [5.74, 6) is 0.572. The van der Waals surface area contributed by atoms with E-state index in [4.69, 9.17) is 8.83 Å². The van der Waals surface area contributed by atoms with Gasteiger partial charge in [-0.3, -0.25) is 0 Å². The van der Waals surface area contributed by atoms with Gasteiger partial charge in [-0.05, 0) is 94.8 Å². The van der Waals surface area contributed by atoms with Gasteiger partial charge in [-0.2, -0.15) is 0 Å². The maximum atomic E-state index is 6.53. The van der Waals surface area contributed by atoms with Crippen LogP contribution in [0.25, 0.3) is 76.9 Å². The van der Waals surface area contributed by atoms with Gasteiger partial charge in [-0.25, -0.2) is 0 Å². The molecule has 0 spiro atoms. The van der Waals surface area contributed by atoms with E-state index < -0.39 is 0 Å². The van der Waals surface area contributed by atoms with Gasteiger partial charge in [0.2, 0.25) is 0 Å². The van der Waals surface area contributed by atoms with Gasteiger partial charge >= 0.3 is 0 Å². The summed E-state index contributed by atoms with van der Waals surface area (Å²) >= 11 is 0. The van der Waals surface area contributed by atoms with Crippen LogP contribution in [0.1, 0.15) is 43.6 Å². The fourth-order valence-corrected chi connectivity index (χ4v) is 9.38. The lowest BCUT2D eigenvalue weighted by Gasteiger charge is -2.31. The van der Waals surface area contributed by atoms with E-state index in [1.807, 2.05) is 18.2 Å². The average molecular weight is 710 g/mol. The van der Waals surface area contributed by atoms with Crippen molar-refractivity contribution in [1.29, 1.82) is 0 Å². The molecule has 264 valence electrons. The SMILES string of the molecule is c1ccc(N(c2ccccc2-c2cccc3cccc(C4CCCCC4)c23)c2cccc3oc4ccccc4c23)c(-c2ccc3oc4ccccc4c3c2)c1. The molecule has 11 rings (SSSR count). The van der Waals surface area contributed by atoms with E-state index >= 15 is 0 Å². The van der Waals surface area contributed by atoms with Crippen LogP contribution in [0.15, 0.2) is 179 Å². The van der Waals surface area contributed by atoms with E-state index in [2.05, 4.69) is 157 Å². The Morgan fingerprint density at radius 1 is 0.400 bits per heavy atom. The Kier molecular flexibility index (Phi) is 7.58. The number of para-hydroxylation sites is 4. The Balaban J connectivity index is 1.20. The molecule has 0 bridgehead atoms. The molecule has 0 unspecified atom stereocenters. The van der Waals surface area contributed by atoms with Crippen LogP contribution in [0, 0.1) is 0 Å². The molecule has 1 fully saturated rings. The largest absolute Gasteiger partial charge is 0.456 e. The topological polar surface area (TPSA) is 29.5 Å². The Morgan fingerprint density at radius 3 is 1.82 bits per heavy atom. The van der Waals surface area contributed by atoms with Crippen LogP contribution >= 0.6 is 0 Å². The molecule has 2 heterocycles. The van der Waals surface area contributed by atoms with Crippen LogP contribution < -0.4 is 4.90 Å². The minimum atomic E-state index is 0.572. The van der Waals surface area contributed by atoms with Gasteiger partial charge in [-0.15, -0.1) is 0 Å². The summed E-state index contributed by atoms with van der Waals surface area (Å²) in [7, 11) is 0. The predicted octanol–water partition coefficient (Wildman–Crippen LogP) is 15.5. The highest BCUT2D eigenvalue weighted by Crippen LogP contribution is 2.50. The van der Waals surface area contributed by atoms with E-state index in [1.165, 1.54) is 59.6 Å². The van der Waals surface area contributed by atoms with E-state index in [1.54, 1.807) is 0 Å². The van der Waals surface area contributed by atoms with E-state index in [-0.39, 0.29) is 0 Å². The Bertz CT molecular complexity index is 3040. The summed E-state index contributed by atoms with van der Waals surface area (Å²) in [6, 6.07) is 61.4. The highest BCUT2D eigenvalue weighted by atomic mass is 16.3. The van der Waals surface area contributed by atoms with Crippen molar-refractivity contribution in [2.75, 3.05) is 4.90 Å². The van der Waals surface area contributed by atoms with Crippen LogP contribution in [-0.2, 0) is 0 Å². The first kappa shape index (κ1) is 31.9. The minimum Gasteiger partial charge on any atom is -0.456 e. The van der Waals surface area contributed by atoms with Crippen molar-refractivity contribution in [1.82, 2.24) is 0 Å². The molecule has 3 heteroatoms. The summed E-state index contributed by atoms with van der Waals surface area (Å²) in [5.41, 5.74) is 13.1. The molecule has 0 N–H and O–H groups in total. The van der Waals surface area contributed by atoms with Crippen molar-refractivity contribution in [3.05, 3.63) is 175 Å². The summed E-state index contributed by atoms with van der Waals surface area (Å²) in [5, 5.41) is 7.11. The van der Waals surface area contributed by atoms with Gasteiger partial charge in [0.25, 0.3) is 0 Å². The second-order valence-corrected chi connectivity index (χ2v) is 15.0.